The number of rotatable bonds is 6. The summed E-state index contributed by atoms with van der Waals surface area (Å²) in [7, 11) is 0. The molecule has 35 heavy (non-hydrogen) atoms. The van der Waals surface area contributed by atoms with Crippen molar-refractivity contribution in [2.75, 3.05) is 6.61 Å². The van der Waals surface area contributed by atoms with Gasteiger partial charge in [-0.1, -0.05) is 103 Å². The summed E-state index contributed by atoms with van der Waals surface area (Å²) < 4.78 is 5.44. The van der Waals surface area contributed by atoms with Gasteiger partial charge in [-0.2, -0.15) is 0 Å². The highest BCUT2D eigenvalue weighted by Crippen LogP contribution is 2.30. The van der Waals surface area contributed by atoms with E-state index in [0.29, 0.717) is 38.3 Å². The fourth-order valence-electron chi connectivity index (χ4n) is 3.92. The van der Waals surface area contributed by atoms with Crippen molar-refractivity contribution >= 4 is 34.3 Å². The number of Topliss-reactive ketones (excluding diaryl/α,β-unsaturated/α-hetero) is 1. The summed E-state index contributed by atoms with van der Waals surface area (Å²) in [6.07, 6.45) is 0. The van der Waals surface area contributed by atoms with E-state index in [9.17, 15) is 9.59 Å². The first kappa shape index (κ1) is 22.5. The van der Waals surface area contributed by atoms with Gasteiger partial charge in [0.25, 0.3) is 0 Å². The Balaban J connectivity index is 1.37. The highest BCUT2D eigenvalue weighted by molar-refractivity contribution is 6.33. The first-order chi connectivity index (χ1) is 17.1. The minimum Gasteiger partial charge on any atom is -0.454 e. The van der Waals surface area contributed by atoms with E-state index in [2.05, 4.69) is 4.98 Å². The number of aromatic nitrogens is 1. The third kappa shape index (κ3) is 4.84. The Hall–Kier alpha value is -4.28. The monoisotopic (exact) mass is 477 g/mol. The molecule has 5 aromatic rings. The minimum atomic E-state index is -0.592. The van der Waals surface area contributed by atoms with E-state index < -0.39 is 5.97 Å². The van der Waals surface area contributed by atoms with Crippen LogP contribution in [0.2, 0.25) is 5.02 Å². The molecule has 1 heterocycles. The summed E-state index contributed by atoms with van der Waals surface area (Å²) in [5.41, 5.74) is 4.80. The third-order valence-corrected chi connectivity index (χ3v) is 6.06. The summed E-state index contributed by atoms with van der Waals surface area (Å²) >= 11 is 6.36. The van der Waals surface area contributed by atoms with Crippen LogP contribution in [-0.4, -0.2) is 23.3 Å². The molecule has 5 rings (SSSR count). The van der Waals surface area contributed by atoms with Gasteiger partial charge in [0.15, 0.2) is 12.4 Å². The molecule has 0 aliphatic carbocycles. The molecule has 0 atom stereocenters. The van der Waals surface area contributed by atoms with Gasteiger partial charge in [-0.25, -0.2) is 9.78 Å². The highest BCUT2D eigenvalue weighted by Gasteiger charge is 2.18. The number of carbonyl (C=O) groups excluding carboxylic acids is 2. The zero-order valence-electron chi connectivity index (χ0n) is 18.6. The summed E-state index contributed by atoms with van der Waals surface area (Å²) in [5, 5.41) is 1.18. The molecule has 4 nitrogen and oxygen atoms in total. The second kappa shape index (κ2) is 9.92. The van der Waals surface area contributed by atoms with E-state index in [1.54, 1.807) is 30.3 Å². The van der Waals surface area contributed by atoms with Crippen molar-refractivity contribution in [3.05, 3.63) is 125 Å². The van der Waals surface area contributed by atoms with E-state index in [0.717, 1.165) is 11.1 Å². The molecular weight excluding hydrogens is 458 g/mol. The molecule has 0 saturated carbocycles. The first-order valence-corrected chi connectivity index (χ1v) is 11.5. The number of ether oxygens (including phenoxy) is 1. The second-order valence-electron chi connectivity index (χ2n) is 7.99. The largest absolute Gasteiger partial charge is 0.454 e. The third-order valence-electron chi connectivity index (χ3n) is 5.73. The molecule has 0 spiro atoms. The van der Waals surface area contributed by atoms with Crippen LogP contribution in [-0.2, 0) is 4.74 Å². The van der Waals surface area contributed by atoms with Crippen molar-refractivity contribution < 1.29 is 14.3 Å². The molecule has 0 bridgehead atoms. The van der Waals surface area contributed by atoms with Crippen molar-refractivity contribution in [1.82, 2.24) is 4.98 Å². The van der Waals surface area contributed by atoms with Crippen LogP contribution in [0.4, 0.5) is 0 Å². The number of para-hydroxylation sites is 1. The molecule has 0 saturated heterocycles. The number of hydrogen-bond acceptors (Lipinski definition) is 4. The van der Waals surface area contributed by atoms with Crippen LogP contribution in [0.5, 0.6) is 0 Å². The van der Waals surface area contributed by atoms with E-state index in [4.69, 9.17) is 16.3 Å². The molecule has 0 N–H and O–H groups in total. The predicted molar refractivity (Wildman–Crippen MR) is 139 cm³/mol. The van der Waals surface area contributed by atoms with Crippen LogP contribution in [0.15, 0.2) is 109 Å². The second-order valence-corrected chi connectivity index (χ2v) is 8.40. The number of hydrogen-bond donors (Lipinski definition) is 0. The van der Waals surface area contributed by atoms with Gasteiger partial charge in [0.1, 0.15) is 0 Å². The lowest BCUT2D eigenvalue weighted by atomic mass is 10.0. The van der Waals surface area contributed by atoms with Crippen molar-refractivity contribution in [2.24, 2.45) is 0 Å². The highest BCUT2D eigenvalue weighted by atomic mass is 35.5. The fraction of sp³-hybridized carbons (Fsp3) is 0.0333. The van der Waals surface area contributed by atoms with Crippen LogP contribution < -0.4 is 0 Å². The zero-order chi connectivity index (χ0) is 24.2. The van der Waals surface area contributed by atoms with Gasteiger partial charge in [0, 0.05) is 21.5 Å². The number of ketones is 1. The van der Waals surface area contributed by atoms with Crippen molar-refractivity contribution in [3.8, 4) is 22.4 Å². The Labute approximate surface area is 207 Å². The smallest absolute Gasteiger partial charge is 0.339 e. The summed E-state index contributed by atoms with van der Waals surface area (Å²) in [6.45, 7) is -0.360. The summed E-state index contributed by atoms with van der Waals surface area (Å²) in [6, 6.07) is 33.4. The topological polar surface area (TPSA) is 56.3 Å². The average molecular weight is 478 g/mol. The van der Waals surface area contributed by atoms with E-state index in [1.165, 1.54) is 0 Å². The number of carbonyl (C=O) groups is 2. The van der Waals surface area contributed by atoms with E-state index in [-0.39, 0.29) is 12.4 Å². The molecule has 0 amide bonds. The molecule has 170 valence electrons. The van der Waals surface area contributed by atoms with Gasteiger partial charge in [-0.3, -0.25) is 4.79 Å². The lowest BCUT2D eigenvalue weighted by Crippen LogP contribution is -2.15. The van der Waals surface area contributed by atoms with Crippen LogP contribution in [0.3, 0.4) is 0 Å². The molecule has 1 aromatic heterocycles. The lowest BCUT2D eigenvalue weighted by molar-refractivity contribution is 0.0476. The van der Waals surface area contributed by atoms with Gasteiger partial charge in [0.05, 0.1) is 16.8 Å². The maximum absolute atomic E-state index is 13.1. The number of pyridine rings is 1. The van der Waals surface area contributed by atoms with Crippen LogP contribution >= 0.6 is 11.6 Å². The van der Waals surface area contributed by atoms with Crippen molar-refractivity contribution in [2.45, 2.75) is 0 Å². The average Bonchev–Trinajstić information content (AvgIpc) is 2.91. The molecule has 0 fully saturated rings. The van der Waals surface area contributed by atoms with Crippen LogP contribution in [0, 0.1) is 0 Å². The SMILES string of the molecule is O=C(COC(=O)c1cc(-c2ccccc2Cl)nc2ccccc12)c1ccc(-c2ccccc2)cc1. The van der Waals surface area contributed by atoms with Crippen molar-refractivity contribution in [3.63, 3.8) is 0 Å². The number of halogens is 1. The van der Waals surface area contributed by atoms with Gasteiger partial charge >= 0.3 is 5.97 Å². The first-order valence-electron chi connectivity index (χ1n) is 11.1. The Morgan fingerprint density at radius 3 is 2.17 bits per heavy atom. The molecule has 0 aliphatic heterocycles. The van der Waals surface area contributed by atoms with Gasteiger partial charge in [-0.15, -0.1) is 0 Å². The Morgan fingerprint density at radius 2 is 1.40 bits per heavy atom. The van der Waals surface area contributed by atoms with Gasteiger partial charge < -0.3 is 4.74 Å². The Kier molecular flexibility index (Phi) is 6.38. The summed E-state index contributed by atoms with van der Waals surface area (Å²) in [5.74, 6) is -0.867. The fourth-order valence-corrected chi connectivity index (χ4v) is 4.16. The molecule has 5 heteroatoms. The van der Waals surface area contributed by atoms with Crippen molar-refractivity contribution in [1.29, 1.82) is 0 Å². The number of esters is 1. The molecule has 0 aliphatic rings. The molecule has 0 unspecified atom stereocenters. The summed E-state index contributed by atoms with van der Waals surface area (Å²) in [4.78, 5) is 30.5. The van der Waals surface area contributed by atoms with Gasteiger partial charge in [-0.05, 0) is 29.3 Å². The van der Waals surface area contributed by atoms with E-state index >= 15 is 0 Å². The number of nitrogens with zero attached hydrogens (tertiary/aromatic N) is 1. The normalized spacial score (nSPS) is 10.8. The lowest BCUT2D eigenvalue weighted by Gasteiger charge is -2.11. The molecular formula is C30H20ClNO3. The Morgan fingerprint density at radius 1 is 0.743 bits per heavy atom. The molecule has 0 radical (unpaired) electrons. The standard InChI is InChI=1S/C30H20ClNO3/c31-26-12-6-4-11-24(26)28-18-25(23-10-5-7-13-27(23)32-28)30(34)35-19-29(33)22-16-14-21(15-17-22)20-8-2-1-3-9-20/h1-18H,19H2. The maximum atomic E-state index is 13.1. The Bertz CT molecular complexity index is 1530. The van der Waals surface area contributed by atoms with Crippen LogP contribution in [0.25, 0.3) is 33.3 Å². The minimum absolute atomic E-state index is 0.275. The van der Waals surface area contributed by atoms with Crippen LogP contribution in [0.1, 0.15) is 20.7 Å². The zero-order valence-corrected chi connectivity index (χ0v) is 19.4. The predicted octanol–water partition coefficient (Wildman–Crippen LogP) is 7.26. The number of benzene rings is 4. The molecule has 4 aromatic carbocycles. The number of fused-ring (bicyclic) bond motifs is 1. The van der Waals surface area contributed by atoms with Gasteiger partial charge in [0.2, 0.25) is 0 Å². The van der Waals surface area contributed by atoms with E-state index in [1.807, 2.05) is 78.9 Å². The quantitative estimate of drug-likeness (QED) is 0.191. The maximum Gasteiger partial charge on any atom is 0.339 e.